The molecule has 132 valence electrons. The molecule has 0 unspecified atom stereocenters. The van der Waals surface area contributed by atoms with Gasteiger partial charge in [0.25, 0.3) is 14.2 Å². The Morgan fingerprint density at radius 1 is 1.04 bits per heavy atom. The first-order valence-electron chi connectivity index (χ1n) is 8.47. The molecule has 0 aliphatic carbocycles. The normalized spacial score (nSPS) is 17.5. The van der Waals surface area contributed by atoms with Crippen molar-refractivity contribution >= 4 is 33.9 Å². The lowest BCUT2D eigenvalue weighted by Gasteiger charge is -2.30. The van der Waals surface area contributed by atoms with E-state index in [2.05, 4.69) is 83.4 Å². The number of oxime groups is 1. The van der Waals surface area contributed by atoms with Crippen LogP contribution in [0.15, 0.2) is 23.4 Å². The number of rotatable bonds is 3. The van der Waals surface area contributed by atoms with Gasteiger partial charge in [-0.3, -0.25) is 4.79 Å². The van der Waals surface area contributed by atoms with Crippen LogP contribution in [0.4, 0.5) is 5.69 Å². The maximum absolute atomic E-state index is 13.1. The first-order valence-corrected chi connectivity index (χ1v) is 15.3. The molecule has 0 N–H and O–H groups in total. The molecule has 1 amide bonds. The highest BCUT2D eigenvalue weighted by Crippen LogP contribution is 2.36. The Balaban J connectivity index is 2.62. The molecular weight excluding hydrogens is 332 g/mol. The molecule has 1 aliphatic rings. The van der Waals surface area contributed by atoms with Gasteiger partial charge in [0.1, 0.15) is 0 Å². The molecule has 0 aromatic heterocycles. The highest BCUT2D eigenvalue weighted by Gasteiger charge is 2.42. The van der Waals surface area contributed by atoms with Crippen molar-refractivity contribution < 1.29 is 9.32 Å². The van der Waals surface area contributed by atoms with E-state index in [1.165, 1.54) is 5.56 Å². The third-order valence-electron chi connectivity index (χ3n) is 3.85. The zero-order valence-electron chi connectivity index (χ0n) is 16.4. The van der Waals surface area contributed by atoms with Crippen molar-refractivity contribution in [2.75, 3.05) is 4.57 Å². The highest BCUT2D eigenvalue weighted by atomic mass is 28.4. The first kappa shape index (κ1) is 18.9. The van der Waals surface area contributed by atoms with Crippen LogP contribution in [0.3, 0.4) is 0 Å². The van der Waals surface area contributed by atoms with Crippen LogP contribution in [-0.4, -0.2) is 28.2 Å². The molecule has 0 radical (unpaired) electrons. The lowest BCUT2D eigenvalue weighted by Crippen LogP contribution is -2.49. The second-order valence-electron chi connectivity index (χ2n) is 9.44. The quantitative estimate of drug-likeness (QED) is 0.576. The molecule has 0 saturated heterocycles. The Morgan fingerprint density at radius 3 is 2.08 bits per heavy atom. The molecule has 1 heterocycles. The van der Waals surface area contributed by atoms with E-state index in [1.54, 1.807) is 0 Å². The van der Waals surface area contributed by atoms with E-state index in [-0.39, 0.29) is 11.3 Å². The van der Waals surface area contributed by atoms with E-state index in [0.717, 1.165) is 11.3 Å². The fraction of sp³-hybridized carbons (Fsp3) is 0.556. The van der Waals surface area contributed by atoms with E-state index in [4.69, 9.17) is 4.53 Å². The van der Waals surface area contributed by atoms with Crippen LogP contribution in [0.25, 0.3) is 0 Å². The predicted molar refractivity (Wildman–Crippen MR) is 107 cm³/mol. The number of carbonyl (C=O) groups is 1. The maximum Gasteiger partial charge on any atom is 0.278 e. The number of hydrogen-bond donors (Lipinski definition) is 0. The Kier molecular flexibility index (Phi) is 4.61. The molecule has 4 nitrogen and oxygen atoms in total. The van der Waals surface area contributed by atoms with Crippen LogP contribution >= 0.6 is 0 Å². The fourth-order valence-electron chi connectivity index (χ4n) is 2.65. The van der Waals surface area contributed by atoms with Crippen molar-refractivity contribution in [3.63, 3.8) is 0 Å². The van der Waals surface area contributed by atoms with Crippen molar-refractivity contribution in [1.82, 2.24) is 0 Å². The zero-order chi connectivity index (χ0) is 18.5. The molecule has 1 aromatic carbocycles. The van der Waals surface area contributed by atoms with Crippen molar-refractivity contribution in [2.24, 2.45) is 5.16 Å². The van der Waals surface area contributed by atoms with Gasteiger partial charge in [-0.2, -0.15) is 0 Å². The number of carbonyl (C=O) groups excluding carboxylic acids is 1. The number of benzene rings is 1. The Morgan fingerprint density at radius 2 is 1.62 bits per heavy atom. The van der Waals surface area contributed by atoms with Crippen LogP contribution in [0.2, 0.25) is 39.3 Å². The third-order valence-corrected chi connectivity index (χ3v) is 6.27. The molecular formula is C18H30N2O2Si2. The summed E-state index contributed by atoms with van der Waals surface area (Å²) >= 11 is 0. The lowest BCUT2D eigenvalue weighted by molar-refractivity contribution is -0.111. The van der Waals surface area contributed by atoms with Gasteiger partial charge >= 0.3 is 0 Å². The van der Waals surface area contributed by atoms with Gasteiger partial charge in [0.15, 0.2) is 13.9 Å². The monoisotopic (exact) mass is 362 g/mol. The second kappa shape index (κ2) is 5.84. The summed E-state index contributed by atoms with van der Waals surface area (Å²) in [5.74, 6) is -0.0199. The van der Waals surface area contributed by atoms with Crippen LogP contribution < -0.4 is 4.57 Å². The zero-order valence-corrected chi connectivity index (χ0v) is 18.4. The number of nitrogens with zero attached hydrogens (tertiary/aromatic N) is 2. The largest absolute Gasteiger partial charge is 0.455 e. The minimum Gasteiger partial charge on any atom is -0.455 e. The van der Waals surface area contributed by atoms with Crippen molar-refractivity contribution in [3.8, 4) is 0 Å². The van der Waals surface area contributed by atoms with Crippen LogP contribution in [0.1, 0.15) is 31.9 Å². The smallest absolute Gasteiger partial charge is 0.278 e. The van der Waals surface area contributed by atoms with Crippen LogP contribution in [0.5, 0.6) is 0 Å². The van der Waals surface area contributed by atoms with Crippen LogP contribution in [-0.2, 0) is 14.7 Å². The molecule has 1 aromatic rings. The number of hydrogen-bond acceptors (Lipinski definition) is 3. The summed E-state index contributed by atoms with van der Waals surface area (Å²) in [4.78, 5) is 13.1. The molecule has 1 aliphatic heterocycles. The van der Waals surface area contributed by atoms with E-state index in [0.29, 0.717) is 5.71 Å². The summed E-state index contributed by atoms with van der Waals surface area (Å²) in [5.41, 5.74) is 3.57. The number of anilines is 1. The van der Waals surface area contributed by atoms with Crippen LogP contribution in [0, 0.1) is 0 Å². The van der Waals surface area contributed by atoms with Gasteiger partial charge in [0.05, 0.1) is 0 Å². The maximum atomic E-state index is 13.1. The molecule has 0 spiro atoms. The van der Waals surface area contributed by atoms with Gasteiger partial charge in [-0.25, -0.2) is 0 Å². The Bertz CT molecular complexity index is 692. The highest BCUT2D eigenvalue weighted by molar-refractivity contribution is 6.87. The summed E-state index contributed by atoms with van der Waals surface area (Å²) < 4.78 is 7.68. The van der Waals surface area contributed by atoms with Gasteiger partial charge in [0, 0.05) is 11.3 Å². The SMILES string of the molecule is CC(C)(C)c1ccc2c(c1)/C(=N/O[Si](C)(C)C)C(=O)N2[Si](C)(C)C. The van der Waals surface area contributed by atoms with E-state index < -0.39 is 16.6 Å². The predicted octanol–water partition coefficient (Wildman–Crippen LogP) is 4.72. The summed E-state index contributed by atoms with van der Waals surface area (Å²) in [6.45, 7) is 19.3. The third kappa shape index (κ3) is 3.80. The van der Waals surface area contributed by atoms with Gasteiger partial charge in [0.2, 0.25) is 0 Å². The summed E-state index contributed by atoms with van der Waals surface area (Å²) in [6, 6.07) is 6.31. The minimum absolute atomic E-state index is 0.0199. The fourth-order valence-corrected chi connectivity index (χ4v) is 4.65. The molecule has 24 heavy (non-hydrogen) atoms. The van der Waals surface area contributed by atoms with Gasteiger partial charge < -0.3 is 9.09 Å². The average Bonchev–Trinajstić information content (AvgIpc) is 2.64. The Hall–Kier alpha value is -1.41. The molecule has 6 heteroatoms. The summed E-state index contributed by atoms with van der Waals surface area (Å²) in [7, 11) is -3.70. The summed E-state index contributed by atoms with van der Waals surface area (Å²) in [5, 5.41) is 4.31. The van der Waals surface area contributed by atoms with E-state index in [9.17, 15) is 4.79 Å². The van der Waals surface area contributed by atoms with Crippen molar-refractivity contribution in [3.05, 3.63) is 29.3 Å². The van der Waals surface area contributed by atoms with Crippen molar-refractivity contribution in [1.29, 1.82) is 0 Å². The molecule has 0 atom stereocenters. The second-order valence-corrected chi connectivity index (χ2v) is 18.6. The molecule has 0 fully saturated rings. The summed E-state index contributed by atoms with van der Waals surface area (Å²) in [6.07, 6.45) is 0. The molecule has 0 saturated carbocycles. The van der Waals surface area contributed by atoms with Crippen molar-refractivity contribution in [2.45, 2.75) is 65.5 Å². The minimum atomic E-state index is -1.86. The molecule has 2 rings (SSSR count). The Labute approximate surface area is 148 Å². The topological polar surface area (TPSA) is 41.9 Å². The van der Waals surface area contributed by atoms with Gasteiger partial charge in [-0.05, 0) is 42.8 Å². The number of fused-ring (bicyclic) bond motifs is 1. The average molecular weight is 363 g/mol. The van der Waals surface area contributed by atoms with E-state index in [1.807, 2.05) is 4.57 Å². The first-order chi connectivity index (χ1) is 10.7. The molecule has 0 bridgehead atoms. The lowest BCUT2D eigenvalue weighted by atomic mass is 9.86. The standard InChI is InChI=1S/C18H30N2O2Si2/c1-18(2,3)13-10-11-15-14(12-13)16(19-22-24(7,8)9)17(21)20(15)23(4,5)6/h10-12H,1-9H3/b19-16-. The van der Waals surface area contributed by atoms with E-state index >= 15 is 0 Å². The number of amides is 1. The van der Waals surface area contributed by atoms with Gasteiger partial charge in [-0.1, -0.05) is 51.6 Å². The van der Waals surface area contributed by atoms with Gasteiger partial charge in [-0.15, -0.1) is 0 Å².